The summed E-state index contributed by atoms with van der Waals surface area (Å²) in [5, 5.41) is 0. The van der Waals surface area contributed by atoms with Crippen molar-refractivity contribution in [2.75, 3.05) is 7.11 Å². The number of carbonyl (C=O) groups is 1. The van der Waals surface area contributed by atoms with Crippen LogP contribution in [-0.2, 0) is 9.53 Å². The smallest absolute Gasteiger partial charge is 0.153 e. The summed E-state index contributed by atoms with van der Waals surface area (Å²) in [4.78, 5) is 10.5. The van der Waals surface area contributed by atoms with E-state index in [9.17, 15) is 4.79 Å². The summed E-state index contributed by atoms with van der Waals surface area (Å²) in [6, 6.07) is 7.50. The largest absolute Gasteiger partial charge is 0.369 e. The first-order chi connectivity index (χ1) is 5.79. The second-order valence-corrected chi connectivity index (χ2v) is 3.17. The normalized spacial score (nSPS) is 12.5. The molecule has 0 saturated heterocycles. The molecule has 0 saturated carbocycles. The van der Waals surface area contributed by atoms with Crippen LogP contribution in [0.5, 0.6) is 0 Å². The lowest BCUT2D eigenvalue weighted by atomic mass is 10.1. The topological polar surface area (TPSA) is 26.3 Å². The summed E-state index contributed by atoms with van der Waals surface area (Å²) >= 11 is 3.34. The number of hydrogen-bond donors (Lipinski definition) is 0. The molecule has 2 nitrogen and oxygen atoms in total. The number of aldehydes is 1. The van der Waals surface area contributed by atoms with E-state index in [2.05, 4.69) is 15.9 Å². The molecule has 1 atom stereocenters. The minimum atomic E-state index is -0.472. The third-order valence-electron chi connectivity index (χ3n) is 1.59. The fourth-order valence-electron chi connectivity index (χ4n) is 0.962. The fourth-order valence-corrected chi connectivity index (χ4v) is 1.47. The second kappa shape index (κ2) is 4.38. The number of hydrogen-bond acceptors (Lipinski definition) is 2. The van der Waals surface area contributed by atoms with Crippen LogP contribution in [0, 0.1) is 0 Å². The van der Waals surface area contributed by atoms with Crippen LogP contribution in [0.2, 0.25) is 0 Å². The van der Waals surface area contributed by atoms with Crippen LogP contribution in [0.3, 0.4) is 0 Å². The summed E-state index contributed by atoms with van der Waals surface area (Å²) in [6.45, 7) is 0. The van der Waals surface area contributed by atoms with E-state index in [1.165, 1.54) is 7.11 Å². The van der Waals surface area contributed by atoms with Crippen molar-refractivity contribution in [3.63, 3.8) is 0 Å². The van der Waals surface area contributed by atoms with Gasteiger partial charge >= 0.3 is 0 Å². The molecule has 1 rings (SSSR count). The van der Waals surface area contributed by atoms with Gasteiger partial charge in [0.2, 0.25) is 0 Å². The quantitative estimate of drug-likeness (QED) is 0.743. The lowest BCUT2D eigenvalue weighted by molar-refractivity contribution is -0.116. The molecule has 12 heavy (non-hydrogen) atoms. The summed E-state index contributed by atoms with van der Waals surface area (Å²) in [7, 11) is 1.51. The Morgan fingerprint density at radius 3 is 2.67 bits per heavy atom. The van der Waals surface area contributed by atoms with Crippen molar-refractivity contribution >= 4 is 22.2 Å². The predicted octanol–water partition coefficient (Wildman–Crippen LogP) is 2.34. The molecule has 0 bridgehead atoms. The Kier molecular flexibility index (Phi) is 3.44. The van der Waals surface area contributed by atoms with E-state index < -0.39 is 6.10 Å². The van der Waals surface area contributed by atoms with Gasteiger partial charge in [-0.25, -0.2) is 0 Å². The minimum Gasteiger partial charge on any atom is -0.369 e. The highest BCUT2D eigenvalue weighted by atomic mass is 79.9. The molecule has 0 aromatic heterocycles. The van der Waals surface area contributed by atoms with Crippen LogP contribution in [0.4, 0.5) is 0 Å². The number of carbonyl (C=O) groups excluding carboxylic acids is 1. The molecule has 1 aromatic carbocycles. The third kappa shape index (κ3) is 1.93. The van der Waals surface area contributed by atoms with E-state index in [0.717, 1.165) is 16.3 Å². The number of methoxy groups -OCH3 is 1. The zero-order chi connectivity index (χ0) is 8.97. The number of ether oxygens (including phenoxy) is 1. The van der Waals surface area contributed by atoms with Crippen molar-refractivity contribution in [2.24, 2.45) is 0 Å². The molecule has 3 heteroatoms. The lowest BCUT2D eigenvalue weighted by Crippen LogP contribution is -2.02. The van der Waals surface area contributed by atoms with Gasteiger partial charge in [-0.05, 0) is 6.07 Å². The zero-order valence-corrected chi connectivity index (χ0v) is 8.24. The van der Waals surface area contributed by atoms with Crippen LogP contribution in [0.1, 0.15) is 11.7 Å². The molecular weight excluding hydrogens is 220 g/mol. The predicted molar refractivity (Wildman–Crippen MR) is 50.0 cm³/mol. The van der Waals surface area contributed by atoms with Crippen LogP contribution in [0.25, 0.3) is 0 Å². The Balaban J connectivity index is 3.00. The summed E-state index contributed by atoms with van der Waals surface area (Å²) in [5.41, 5.74) is 0.856. The van der Waals surface area contributed by atoms with Gasteiger partial charge in [0.1, 0.15) is 6.10 Å². The van der Waals surface area contributed by atoms with Gasteiger partial charge < -0.3 is 9.53 Å². The molecule has 0 aliphatic rings. The van der Waals surface area contributed by atoms with E-state index in [-0.39, 0.29) is 0 Å². The summed E-state index contributed by atoms with van der Waals surface area (Å²) < 4.78 is 5.86. The molecule has 0 radical (unpaired) electrons. The third-order valence-corrected chi connectivity index (χ3v) is 2.31. The molecule has 0 spiro atoms. The number of halogens is 1. The van der Waals surface area contributed by atoms with Crippen LogP contribution < -0.4 is 0 Å². The molecule has 0 aliphatic heterocycles. The average Bonchev–Trinajstić information content (AvgIpc) is 2.10. The SMILES string of the molecule is COC(C=O)c1ccccc1Br. The van der Waals surface area contributed by atoms with Gasteiger partial charge in [-0.15, -0.1) is 0 Å². The molecule has 1 aromatic rings. The highest BCUT2D eigenvalue weighted by Gasteiger charge is 2.10. The van der Waals surface area contributed by atoms with E-state index in [4.69, 9.17) is 4.74 Å². The maximum absolute atomic E-state index is 10.5. The maximum atomic E-state index is 10.5. The monoisotopic (exact) mass is 228 g/mol. The van der Waals surface area contributed by atoms with Crippen LogP contribution >= 0.6 is 15.9 Å². The Morgan fingerprint density at radius 1 is 1.50 bits per heavy atom. The first-order valence-electron chi connectivity index (χ1n) is 3.52. The minimum absolute atomic E-state index is 0.472. The fraction of sp³-hybridized carbons (Fsp3) is 0.222. The molecule has 1 unspecified atom stereocenters. The standard InChI is InChI=1S/C9H9BrO2/c1-12-9(6-11)7-4-2-3-5-8(7)10/h2-6,9H,1H3. The Labute approximate surface area is 79.7 Å². The second-order valence-electron chi connectivity index (χ2n) is 2.31. The Bertz CT molecular complexity index is 273. The highest BCUT2D eigenvalue weighted by molar-refractivity contribution is 9.10. The Morgan fingerprint density at radius 2 is 2.17 bits per heavy atom. The van der Waals surface area contributed by atoms with E-state index in [1.54, 1.807) is 0 Å². The van der Waals surface area contributed by atoms with Gasteiger partial charge in [-0.2, -0.15) is 0 Å². The van der Waals surface area contributed by atoms with Crippen molar-refractivity contribution in [3.8, 4) is 0 Å². The van der Waals surface area contributed by atoms with Gasteiger partial charge in [0.25, 0.3) is 0 Å². The van der Waals surface area contributed by atoms with Crippen molar-refractivity contribution in [2.45, 2.75) is 6.10 Å². The Hall–Kier alpha value is -0.670. The van der Waals surface area contributed by atoms with Gasteiger partial charge in [-0.3, -0.25) is 0 Å². The summed E-state index contributed by atoms with van der Waals surface area (Å²) in [6.07, 6.45) is 0.306. The number of benzene rings is 1. The molecule has 0 N–H and O–H groups in total. The van der Waals surface area contributed by atoms with Gasteiger partial charge in [0.15, 0.2) is 6.29 Å². The molecule has 0 aliphatic carbocycles. The first-order valence-corrected chi connectivity index (χ1v) is 4.31. The lowest BCUT2D eigenvalue weighted by Gasteiger charge is -2.09. The number of rotatable bonds is 3. The maximum Gasteiger partial charge on any atom is 0.153 e. The van der Waals surface area contributed by atoms with E-state index >= 15 is 0 Å². The molecular formula is C9H9BrO2. The molecule has 0 fully saturated rings. The van der Waals surface area contributed by atoms with Crippen molar-refractivity contribution in [3.05, 3.63) is 34.3 Å². The summed E-state index contributed by atoms with van der Waals surface area (Å²) in [5.74, 6) is 0. The van der Waals surface area contributed by atoms with Crippen LogP contribution in [-0.4, -0.2) is 13.4 Å². The van der Waals surface area contributed by atoms with Crippen LogP contribution in [0.15, 0.2) is 28.7 Å². The molecule has 0 amide bonds. The highest BCUT2D eigenvalue weighted by Crippen LogP contribution is 2.23. The van der Waals surface area contributed by atoms with E-state index in [0.29, 0.717) is 0 Å². The van der Waals surface area contributed by atoms with Crippen molar-refractivity contribution < 1.29 is 9.53 Å². The van der Waals surface area contributed by atoms with Gasteiger partial charge in [0, 0.05) is 17.1 Å². The average molecular weight is 229 g/mol. The van der Waals surface area contributed by atoms with Gasteiger partial charge in [-0.1, -0.05) is 34.1 Å². The van der Waals surface area contributed by atoms with Crippen molar-refractivity contribution in [1.29, 1.82) is 0 Å². The first kappa shape index (κ1) is 9.42. The van der Waals surface area contributed by atoms with Crippen molar-refractivity contribution in [1.82, 2.24) is 0 Å². The van der Waals surface area contributed by atoms with Gasteiger partial charge in [0.05, 0.1) is 0 Å². The molecule has 0 heterocycles. The zero-order valence-electron chi connectivity index (χ0n) is 6.66. The van der Waals surface area contributed by atoms with E-state index in [1.807, 2.05) is 24.3 Å². The molecule has 64 valence electrons.